The average Bonchev–Trinajstić information content (AvgIpc) is 2.33. The Hall–Kier alpha value is -2.10. The van der Waals surface area contributed by atoms with Crippen LogP contribution < -0.4 is 5.32 Å². The summed E-state index contributed by atoms with van der Waals surface area (Å²) >= 11 is 0. The molecule has 0 fully saturated rings. The summed E-state index contributed by atoms with van der Waals surface area (Å²) in [7, 11) is 0. The monoisotopic (exact) mass is 247 g/mol. The third-order valence-corrected chi connectivity index (χ3v) is 2.47. The molecule has 1 atom stereocenters. The van der Waals surface area contributed by atoms with Crippen molar-refractivity contribution in [3.05, 3.63) is 41.5 Å². The third-order valence-electron chi connectivity index (χ3n) is 2.47. The highest BCUT2D eigenvalue weighted by molar-refractivity contribution is 5.91. The Labute approximate surface area is 106 Å². The second kappa shape index (κ2) is 6.59. The van der Waals surface area contributed by atoms with E-state index < -0.39 is 11.9 Å². The van der Waals surface area contributed by atoms with Gasteiger partial charge in [0.1, 0.15) is 0 Å². The van der Waals surface area contributed by atoms with Gasteiger partial charge in [0.15, 0.2) is 0 Å². The highest BCUT2D eigenvalue weighted by Crippen LogP contribution is 2.05. The zero-order valence-electron chi connectivity index (χ0n) is 10.5. The van der Waals surface area contributed by atoms with Crippen LogP contribution in [0, 0.1) is 12.8 Å². The summed E-state index contributed by atoms with van der Waals surface area (Å²) in [5, 5.41) is 11.2. The SMILES string of the molecule is Cc1cccc(/C=C/C(=O)NC[C@H](C)C(=O)O)c1. The molecule has 1 rings (SSSR count). The Morgan fingerprint density at radius 2 is 2.17 bits per heavy atom. The summed E-state index contributed by atoms with van der Waals surface area (Å²) in [6.07, 6.45) is 3.11. The van der Waals surface area contributed by atoms with Crippen LogP contribution in [0.15, 0.2) is 30.3 Å². The zero-order chi connectivity index (χ0) is 13.5. The van der Waals surface area contributed by atoms with Gasteiger partial charge in [-0.1, -0.05) is 36.8 Å². The zero-order valence-corrected chi connectivity index (χ0v) is 10.5. The lowest BCUT2D eigenvalue weighted by atomic mass is 10.1. The maximum atomic E-state index is 11.4. The van der Waals surface area contributed by atoms with Gasteiger partial charge in [0.05, 0.1) is 5.92 Å². The molecular weight excluding hydrogens is 230 g/mol. The van der Waals surface area contributed by atoms with E-state index in [0.717, 1.165) is 11.1 Å². The van der Waals surface area contributed by atoms with Gasteiger partial charge in [-0.15, -0.1) is 0 Å². The highest BCUT2D eigenvalue weighted by Gasteiger charge is 2.10. The van der Waals surface area contributed by atoms with Crippen LogP contribution in [-0.2, 0) is 9.59 Å². The Morgan fingerprint density at radius 1 is 1.44 bits per heavy atom. The number of aliphatic carboxylic acids is 1. The smallest absolute Gasteiger partial charge is 0.308 e. The molecule has 1 aromatic carbocycles. The molecule has 96 valence electrons. The first-order valence-corrected chi connectivity index (χ1v) is 5.74. The van der Waals surface area contributed by atoms with Gasteiger partial charge >= 0.3 is 5.97 Å². The number of nitrogens with one attached hydrogen (secondary N) is 1. The Balaban J connectivity index is 2.47. The van der Waals surface area contributed by atoms with Crippen LogP contribution in [0.1, 0.15) is 18.1 Å². The van der Waals surface area contributed by atoms with Crippen LogP contribution in [0.25, 0.3) is 6.08 Å². The van der Waals surface area contributed by atoms with Gasteiger partial charge in [0.25, 0.3) is 0 Å². The first-order chi connectivity index (χ1) is 8.49. The first kappa shape index (κ1) is 14.0. The summed E-state index contributed by atoms with van der Waals surface area (Å²) in [6, 6.07) is 7.76. The van der Waals surface area contributed by atoms with Gasteiger partial charge < -0.3 is 10.4 Å². The van der Waals surface area contributed by atoms with Gasteiger partial charge in [0.2, 0.25) is 5.91 Å². The lowest BCUT2D eigenvalue weighted by Gasteiger charge is -2.05. The third kappa shape index (κ3) is 4.82. The van der Waals surface area contributed by atoms with E-state index in [2.05, 4.69) is 5.32 Å². The molecule has 0 aliphatic heterocycles. The second-order valence-electron chi connectivity index (χ2n) is 4.23. The average molecular weight is 247 g/mol. The van der Waals surface area contributed by atoms with E-state index >= 15 is 0 Å². The number of carboxylic acids is 1. The van der Waals surface area contributed by atoms with E-state index in [4.69, 9.17) is 5.11 Å². The van der Waals surface area contributed by atoms with Crippen molar-refractivity contribution in [3.63, 3.8) is 0 Å². The van der Waals surface area contributed by atoms with Crippen LogP contribution in [0.3, 0.4) is 0 Å². The van der Waals surface area contributed by atoms with Gasteiger partial charge in [-0.2, -0.15) is 0 Å². The van der Waals surface area contributed by atoms with Crippen LogP contribution in [0.5, 0.6) is 0 Å². The van der Waals surface area contributed by atoms with Gasteiger partial charge in [-0.3, -0.25) is 9.59 Å². The van der Waals surface area contributed by atoms with Gasteiger partial charge in [0, 0.05) is 12.6 Å². The molecule has 0 radical (unpaired) electrons. The van der Waals surface area contributed by atoms with Crippen molar-refractivity contribution in [2.24, 2.45) is 5.92 Å². The number of rotatable bonds is 5. The van der Waals surface area contributed by atoms with E-state index in [9.17, 15) is 9.59 Å². The normalized spacial score (nSPS) is 12.3. The minimum Gasteiger partial charge on any atom is -0.481 e. The fourth-order valence-corrected chi connectivity index (χ4v) is 1.35. The number of carbonyl (C=O) groups is 2. The van der Waals surface area contributed by atoms with Crippen LogP contribution in [-0.4, -0.2) is 23.5 Å². The molecular formula is C14H17NO3. The molecule has 0 saturated carbocycles. The number of hydrogen-bond donors (Lipinski definition) is 2. The predicted molar refractivity (Wildman–Crippen MR) is 70.0 cm³/mol. The second-order valence-corrected chi connectivity index (χ2v) is 4.23. The molecule has 4 heteroatoms. The minimum atomic E-state index is -0.919. The summed E-state index contributed by atoms with van der Waals surface area (Å²) in [5.41, 5.74) is 2.06. The van der Waals surface area contributed by atoms with Crippen molar-refractivity contribution < 1.29 is 14.7 Å². The minimum absolute atomic E-state index is 0.131. The number of amides is 1. The number of benzene rings is 1. The van der Waals surface area contributed by atoms with Gasteiger partial charge in [-0.05, 0) is 18.6 Å². The fraction of sp³-hybridized carbons (Fsp3) is 0.286. The molecule has 18 heavy (non-hydrogen) atoms. The number of hydrogen-bond acceptors (Lipinski definition) is 2. The number of carboxylic acid groups (broad SMARTS) is 1. The molecule has 2 N–H and O–H groups in total. The Morgan fingerprint density at radius 3 is 2.78 bits per heavy atom. The maximum absolute atomic E-state index is 11.4. The maximum Gasteiger partial charge on any atom is 0.308 e. The topological polar surface area (TPSA) is 66.4 Å². The van der Waals surface area contributed by atoms with E-state index in [1.54, 1.807) is 13.0 Å². The number of aryl methyl sites for hydroxylation is 1. The first-order valence-electron chi connectivity index (χ1n) is 5.74. The van der Waals surface area contributed by atoms with E-state index in [0.29, 0.717) is 0 Å². The van der Waals surface area contributed by atoms with E-state index in [1.165, 1.54) is 6.08 Å². The van der Waals surface area contributed by atoms with E-state index in [1.807, 2.05) is 31.2 Å². The standard InChI is InChI=1S/C14H17NO3/c1-10-4-3-5-12(8-10)6-7-13(16)15-9-11(2)14(17)18/h3-8,11H,9H2,1-2H3,(H,15,16)(H,17,18)/b7-6+/t11-/m0/s1. The molecule has 0 aliphatic carbocycles. The molecule has 0 aromatic heterocycles. The van der Waals surface area contributed by atoms with Crippen molar-refractivity contribution in [1.82, 2.24) is 5.32 Å². The fourth-order valence-electron chi connectivity index (χ4n) is 1.35. The molecule has 0 saturated heterocycles. The van der Waals surface area contributed by atoms with Crippen LogP contribution in [0.2, 0.25) is 0 Å². The molecule has 0 spiro atoms. The van der Waals surface area contributed by atoms with Crippen molar-refractivity contribution in [1.29, 1.82) is 0 Å². The Bertz CT molecular complexity index is 466. The molecule has 0 aliphatic rings. The van der Waals surface area contributed by atoms with Gasteiger partial charge in [-0.25, -0.2) is 0 Å². The molecule has 1 amide bonds. The molecule has 4 nitrogen and oxygen atoms in total. The summed E-state index contributed by atoms with van der Waals surface area (Å²) < 4.78 is 0. The van der Waals surface area contributed by atoms with Crippen molar-refractivity contribution in [2.75, 3.05) is 6.54 Å². The summed E-state index contributed by atoms with van der Waals surface area (Å²) in [5.74, 6) is -1.79. The highest BCUT2D eigenvalue weighted by atomic mass is 16.4. The van der Waals surface area contributed by atoms with Crippen molar-refractivity contribution in [2.45, 2.75) is 13.8 Å². The number of carbonyl (C=O) groups excluding carboxylic acids is 1. The largest absolute Gasteiger partial charge is 0.481 e. The van der Waals surface area contributed by atoms with Crippen LogP contribution in [0.4, 0.5) is 0 Å². The quantitative estimate of drug-likeness (QED) is 0.780. The summed E-state index contributed by atoms with van der Waals surface area (Å²) in [6.45, 7) is 3.66. The predicted octanol–water partition coefficient (Wildman–Crippen LogP) is 1.85. The van der Waals surface area contributed by atoms with Crippen LogP contribution >= 0.6 is 0 Å². The summed E-state index contributed by atoms with van der Waals surface area (Å²) in [4.78, 5) is 22.0. The lowest BCUT2D eigenvalue weighted by molar-refractivity contribution is -0.141. The van der Waals surface area contributed by atoms with E-state index in [-0.39, 0.29) is 12.5 Å². The molecule has 0 bridgehead atoms. The Kier molecular flexibility index (Phi) is 5.11. The van der Waals surface area contributed by atoms with Crippen molar-refractivity contribution in [3.8, 4) is 0 Å². The molecule has 0 heterocycles. The molecule has 0 unspecified atom stereocenters. The van der Waals surface area contributed by atoms with Crippen molar-refractivity contribution >= 4 is 18.0 Å². The molecule has 1 aromatic rings. The lowest BCUT2D eigenvalue weighted by Crippen LogP contribution is -2.30.